The standard InChI is InChI=1S/C23H32N2O4/c1-26-22-10-4-18(17-23(22)27-2)3-9-21(24)19-5-7-20(8-6-19)29-16-13-25-11-14-28-15-12-25/h4-8,10,17,21H,3,9,11-16,24H2,1-2H3. The van der Waals surface area contributed by atoms with Gasteiger partial charge in [0.05, 0.1) is 27.4 Å². The van der Waals surface area contributed by atoms with E-state index in [1.165, 1.54) is 5.56 Å². The van der Waals surface area contributed by atoms with Gasteiger partial charge in [0.25, 0.3) is 0 Å². The van der Waals surface area contributed by atoms with Crippen molar-refractivity contribution in [3.05, 3.63) is 53.6 Å². The molecule has 3 rings (SSSR count). The summed E-state index contributed by atoms with van der Waals surface area (Å²) in [6.07, 6.45) is 1.73. The van der Waals surface area contributed by atoms with Gasteiger partial charge in [-0.05, 0) is 48.2 Å². The van der Waals surface area contributed by atoms with E-state index < -0.39 is 0 Å². The van der Waals surface area contributed by atoms with Crippen molar-refractivity contribution >= 4 is 0 Å². The molecule has 1 saturated heterocycles. The lowest BCUT2D eigenvalue weighted by Gasteiger charge is -2.26. The molecule has 1 aliphatic rings. The van der Waals surface area contributed by atoms with Crippen molar-refractivity contribution in [2.45, 2.75) is 18.9 Å². The summed E-state index contributed by atoms with van der Waals surface area (Å²) >= 11 is 0. The highest BCUT2D eigenvalue weighted by molar-refractivity contribution is 5.43. The first-order valence-corrected chi connectivity index (χ1v) is 10.2. The van der Waals surface area contributed by atoms with Crippen LogP contribution in [0.3, 0.4) is 0 Å². The van der Waals surface area contributed by atoms with Crippen molar-refractivity contribution in [2.24, 2.45) is 5.73 Å². The molecular formula is C23H32N2O4. The molecule has 29 heavy (non-hydrogen) atoms. The maximum atomic E-state index is 6.40. The van der Waals surface area contributed by atoms with Gasteiger partial charge in [0, 0.05) is 25.7 Å². The summed E-state index contributed by atoms with van der Waals surface area (Å²) in [4.78, 5) is 2.36. The molecule has 2 N–H and O–H groups in total. The third kappa shape index (κ3) is 6.35. The minimum Gasteiger partial charge on any atom is -0.493 e. The van der Waals surface area contributed by atoms with Crippen LogP contribution in [0.25, 0.3) is 0 Å². The fourth-order valence-electron chi connectivity index (χ4n) is 3.45. The van der Waals surface area contributed by atoms with E-state index in [2.05, 4.69) is 23.1 Å². The van der Waals surface area contributed by atoms with E-state index in [0.717, 1.165) is 68.5 Å². The molecule has 0 aliphatic carbocycles. The SMILES string of the molecule is COc1ccc(CCC(N)c2ccc(OCCN3CCOCC3)cc2)cc1OC. The maximum absolute atomic E-state index is 6.40. The minimum atomic E-state index is -0.0227. The van der Waals surface area contributed by atoms with Crippen molar-refractivity contribution in [3.8, 4) is 17.2 Å². The largest absolute Gasteiger partial charge is 0.493 e. The summed E-state index contributed by atoms with van der Waals surface area (Å²) in [5.41, 5.74) is 8.70. The van der Waals surface area contributed by atoms with Gasteiger partial charge in [0.1, 0.15) is 12.4 Å². The van der Waals surface area contributed by atoms with Gasteiger partial charge in [-0.1, -0.05) is 18.2 Å². The normalized spacial score (nSPS) is 15.7. The molecule has 1 heterocycles. The molecule has 0 aromatic heterocycles. The van der Waals surface area contributed by atoms with E-state index in [-0.39, 0.29) is 6.04 Å². The van der Waals surface area contributed by atoms with Gasteiger partial charge in [-0.3, -0.25) is 4.90 Å². The number of morpholine rings is 1. The second-order valence-electron chi connectivity index (χ2n) is 7.21. The van der Waals surface area contributed by atoms with Crippen molar-refractivity contribution in [2.75, 3.05) is 53.7 Å². The van der Waals surface area contributed by atoms with E-state index >= 15 is 0 Å². The van der Waals surface area contributed by atoms with Gasteiger partial charge in [-0.15, -0.1) is 0 Å². The Labute approximate surface area is 173 Å². The highest BCUT2D eigenvalue weighted by atomic mass is 16.5. The molecule has 1 fully saturated rings. The number of nitrogens with zero attached hydrogens (tertiary/aromatic N) is 1. The van der Waals surface area contributed by atoms with E-state index in [9.17, 15) is 0 Å². The van der Waals surface area contributed by atoms with Crippen LogP contribution in [0, 0.1) is 0 Å². The predicted molar refractivity (Wildman–Crippen MR) is 114 cm³/mol. The Morgan fingerprint density at radius 1 is 1.00 bits per heavy atom. The van der Waals surface area contributed by atoms with E-state index in [0.29, 0.717) is 6.61 Å². The molecule has 6 heteroatoms. The summed E-state index contributed by atoms with van der Waals surface area (Å²) in [6, 6.07) is 14.1. The van der Waals surface area contributed by atoms with Gasteiger partial charge < -0.3 is 24.7 Å². The van der Waals surface area contributed by atoms with Crippen molar-refractivity contribution in [1.82, 2.24) is 4.90 Å². The number of methoxy groups -OCH3 is 2. The van der Waals surface area contributed by atoms with Crippen molar-refractivity contribution in [1.29, 1.82) is 0 Å². The first-order valence-electron chi connectivity index (χ1n) is 10.2. The van der Waals surface area contributed by atoms with E-state index in [1.807, 2.05) is 24.3 Å². The maximum Gasteiger partial charge on any atom is 0.160 e. The van der Waals surface area contributed by atoms with E-state index in [4.69, 9.17) is 24.7 Å². The van der Waals surface area contributed by atoms with Crippen molar-refractivity contribution in [3.63, 3.8) is 0 Å². The number of ether oxygens (including phenoxy) is 4. The second kappa shape index (κ2) is 11.0. The first-order chi connectivity index (χ1) is 14.2. The Kier molecular flexibility index (Phi) is 8.16. The average molecular weight is 401 g/mol. The lowest BCUT2D eigenvalue weighted by atomic mass is 9.99. The third-order valence-corrected chi connectivity index (χ3v) is 5.28. The highest BCUT2D eigenvalue weighted by Crippen LogP contribution is 2.29. The van der Waals surface area contributed by atoms with Gasteiger partial charge in [-0.25, -0.2) is 0 Å². The highest BCUT2D eigenvalue weighted by Gasteiger charge is 2.11. The van der Waals surface area contributed by atoms with Gasteiger partial charge in [0.2, 0.25) is 0 Å². The Morgan fingerprint density at radius 2 is 1.72 bits per heavy atom. The molecule has 1 atom stereocenters. The monoisotopic (exact) mass is 400 g/mol. The van der Waals surface area contributed by atoms with Crippen LogP contribution in [0.5, 0.6) is 17.2 Å². The predicted octanol–water partition coefficient (Wildman–Crippen LogP) is 3.05. The molecular weight excluding hydrogens is 368 g/mol. The van der Waals surface area contributed by atoms with Crippen LogP contribution in [0.2, 0.25) is 0 Å². The van der Waals surface area contributed by atoms with Crippen LogP contribution < -0.4 is 19.9 Å². The number of hydrogen-bond donors (Lipinski definition) is 1. The Bertz CT molecular complexity index is 745. The topological polar surface area (TPSA) is 66.2 Å². The summed E-state index contributed by atoms with van der Waals surface area (Å²) in [5, 5.41) is 0. The number of rotatable bonds is 10. The lowest BCUT2D eigenvalue weighted by molar-refractivity contribution is 0.0322. The fourth-order valence-corrected chi connectivity index (χ4v) is 3.45. The van der Waals surface area contributed by atoms with Crippen molar-refractivity contribution < 1.29 is 18.9 Å². The molecule has 2 aromatic carbocycles. The summed E-state index contributed by atoms with van der Waals surface area (Å²) in [5.74, 6) is 2.37. The van der Waals surface area contributed by atoms with Crippen LogP contribution in [0.4, 0.5) is 0 Å². The van der Waals surface area contributed by atoms with Gasteiger partial charge in [0.15, 0.2) is 11.5 Å². The molecule has 6 nitrogen and oxygen atoms in total. The number of benzene rings is 2. The second-order valence-corrected chi connectivity index (χ2v) is 7.21. The molecule has 1 aliphatic heterocycles. The minimum absolute atomic E-state index is 0.0227. The number of aryl methyl sites for hydroxylation is 1. The number of hydrogen-bond acceptors (Lipinski definition) is 6. The van der Waals surface area contributed by atoms with Gasteiger partial charge in [-0.2, -0.15) is 0 Å². The molecule has 1 unspecified atom stereocenters. The zero-order chi connectivity index (χ0) is 20.5. The van der Waals surface area contributed by atoms with Crippen LogP contribution in [0.1, 0.15) is 23.6 Å². The van der Waals surface area contributed by atoms with E-state index in [1.54, 1.807) is 14.2 Å². The first kappa shape index (κ1) is 21.4. The molecule has 2 aromatic rings. The molecule has 158 valence electrons. The third-order valence-electron chi connectivity index (χ3n) is 5.28. The zero-order valence-electron chi connectivity index (χ0n) is 17.4. The van der Waals surface area contributed by atoms with Crippen LogP contribution in [-0.4, -0.2) is 58.6 Å². The molecule has 0 saturated carbocycles. The summed E-state index contributed by atoms with van der Waals surface area (Å²) < 4.78 is 21.9. The zero-order valence-corrected chi connectivity index (χ0v) is 17.4. The smallest absolute Gasteiger partial charge is 0.160 e. The Balaban J connectivity index is 1.45. The Morgan fingerprint density at radius 3 is 2.41 bits per heavy atom. The number of nitrogens with two attached hydrogens (primary N) is 1. The fraction of sp³-hybridized carbons (Fsp3) is 0.478. The molecule has 0 bridgehead atoms. The quantitative estimate of drug-likeness (QED) is 0.661. The van der Waals surface area contributed by atoms with Crippen LogP contribution >= 0.6 is 0 Å². The summed E-state index contributed by atoms with van der Waals surface area (Å²) in [7, 11) is 3.29. The lowest BCUT2D eigenvalue weighted by Crippen LogP contribution is -2.38. The van der Waals surface area contributed by atoms with Gasteiger partial charge >= 0.3 is 0 Å². The molecule has 0 radical (unpaired) electrons. The molecule has 0 spiro atoms. The van der Waals surface area contributed by atoms with Crippen LogP contribution in [-0.2, 0) is 11.2 Å². The Hall–Kier alpha value is -2.28. The average Bonchev–Trinajstić information content (AvgIpc) is 2.78. The van der Waals surface area contributed by atoms with Crippen LogP contribution in [0.15, 0.2) is 42.5 Å². The summed E-state index contributed by atoms with van der Waals surface area (Å²) in [6.45, 7) is 5.21. The molecule has 0 amide bonds.